The number of ketones is 1. The number of carboxylic acids is 1. The molecule has 0 aliphatic heterocycles. The fourth-order valence-corrected chi connectivity index (χ4v) is 2.10. The fourth-order valence-electron chi connectivity index (χ4n) is 1.72. The maximum atomic E-state index is 11.3. The van der Waals surface area contributed by atoms with Gasteiger partial charge in [0, 0.05) is 10.9 Å². The van der Waals surface area contributed by atoms with Crippen LogP contribution in [0.2, 0.25) is 0 Å². The second-order valence-corrected chi connectivity index (χ2v) is 4.60. The van der Waals surface area contributed by atoms with E-state index in [9.17, 15) is 9.59 Å². The first-order chi connectivity index (χ1) is 9.11. The number of Topliss-reactive ketones (excluding diaryl/α,β-unsaturated/α-hetero) is 1. The maximum Gasteiger partial charge on any atom is 0.377 e. The summed E-state index contributed by atoms with van der Waals surface area (Å²) in [5, 5.41) is 9.43. The first kappa shape index (κ1) is 13.5. The highest BCUT2D eigenvalue weighted by Crippen LogP contribution is 2.21. The zero-order valence-corrected chi connectivity index (χ0v) is 11.6. The first-order valence-electron chi connectivity index (χ1n) is 5.65. The molecular weight excluding hydrogens is 308 g/mol. The second kappa shape index (κ2) is 5.80. The smallest absolute Gasteiger partial charge is 0.377 e. The summed E-state index contributed by atoms with van der Waals surface area (Å²) in [6, 6.07) is 14.6. The quantitative estimate of drug-likeness (QED) is 0.533. The highest BCUT2D eigenvalue weighted by molar-refractivity contribution is 9.08. The summed E-state index contributed by atoms with van der Waals surface area (Å²) in [6.07, 6.45) is 0. The van der Waals surface area contributed by atoms with Gasteiger partial charge in [-0.05, 0) is 16.7 Å². The number of carbonyl (C=O) groups is 2. The largest absolute Gasteiger partial charge is 0.475 e. The van der Waals surface area contributed by atoms with Gasteiger partial charge in [-0.15, -0.1) is 0 Å². The lowest BCUT2D eigenvalue weighted by atomic mass is 10.0. The van der Waals surface area contributed by atoms with Gasteiger partial charge >= 0.3 is 5.97 Å². The van der Waals surface area contributed by atoms with Gasteiger partial charge in [0.25, 0.3) is 5.78 Å². The van der Waals surface area contributed by atoms with Crippen molar-refractivity contribution in [3.63, 3.8) is 0 Å². The number of benzene rings is 2. The molecule has 19 heavy (non-hydrogen) atoms. The molecule has 0 radical (unpaired) electrons. The summed E-state index contributed by atoms with van der Waals surface area (Å²) in [6.45, 7) is 0. The molecule has 3 nitrogen and oxygen atoms in total. The minimum atomic E-state index is -1.44. The van der Waals surface area contributed by atoms with Crippen LogP contribution in [0, 0.1) is 0 Å². The third kappa shape index (κ3) is 3.09. The number of carbonyl (C=O) groups excluding carboxylic acids is 1. The summed E-state index contributed by atoms with van der Waals surface area (Å²) in [5.74, 6) is -2.32. The highest BCUT2D eigenvalue weighted by atomic mass is 79.9. The van der Waals surface area contributed by atoms with Crippen molar-refractivity contribution in [2.24, 2.45) is 0 Å². The molecule has 0 aliphatic rings. The average molecular weight is 319 g/mol. The molecule has 0 aliphatic carbocycles. The van der Waals surface area contributed by atoms with Crippen molar-refractivity contribution in [2.45, 2.75) is 5.33 Å². The Balaban J connectivity index is 2.26. The zero-order chi connectivity index (χ0) is 13.8. The molecule has 0 amide bonds. The summed E-state index contributed by atoms with van der Waals surface area (Å²) in [7, 11) is 0. The van der Waals surface area contributed by atoms with Gasteiger partial charge in [-0.2, -0.15) is 0 Å². The average Bonchev–Trinajstić information content (AvgIpc) is 2.46. The SMILES string of the molecule is O=C(O)C(=O)c1ccc(-c2ccc(CBr)cc2)cc1. The van der Waals surface area contributed by atoms with Crippen LogP contribution in [-0.4, -0.2) is 16.9 Å². The van der Waals surface area contributed by atoms with E-state index in [1.165, 1.54) is 17.7 Å². The van der Waals surface area contributed by atoms with E-state index in [-0.39, 0.29) is 5.56 Å². The molecule has 0 heterocycles. The van der Waals surface area contributed by atoms with Gasteiger partial charge in [0.1, 0.15) is 0 Å². The number of carboxylic acid groups (broad SMARTS) is 1. The zero-order valence-electron chi connectivity index (χ0n) is 9.97. The van der Waals surface area contributed by atoms with Gasteiger partial charge in [0.15, 0.2) is 0 Å². The van der Waals surface area contributed by atoms with Gasteiger partial charge in [-0.3, -0.25) is 4.79 Å². The maximum absolute atomic E-state index is 11.3. The highest BCUT2D eigenvalue weighted by Gasteiger charge is 2.13. The number of aliphatic carboxylic acids is 1. The molecule has 0 spiro atoms. The van der Waals surface area contributed by atoms with E-state index in [1.54, 1.807) is 12.1 Å². The van der Waals surface area contributed by atoms with Gasteiger partial charge in [0.05, 0.1) is 0 Å². The molecule has 0 saturated carbocycles. The minimum Gasteiger partial charge on any atom is -0.475 e. The summed E-state index contributed by atoms with van der Waals surface area (Å²) >= 11 is 3.38. The second-order valence-electron chi connectivity index (χ2n) is 4.04. The van der Waals surface area contributed by atoms with Crippen molar-refractivity contribution < 1.29 is 14.7 Å². The molecule has 0 aromatic heterocycles. The lowest BCUT2D eigenvalue weighted by molar-refractivity contribution is -0.131. The molecule has 0 atom stereocenters. The van der Waals surface area contributed by atoms with Crippen LogP contribution < -0.4 is 0 Å². The summed E-state index contributed by atoms with van der Waals surface area (Å²) in [5.41, 5.74) is 3.34. The van der Waals surface area contributed by atoms with E-state index < -0.39 is 11.8 Å². The van der Waals surface area contributed by atoms with Crippen LogP contribution in [0.15, 0.2) is 48.5 Å². The summed E-state index contributed by atoms with van der Waals surface area (Å²) < 4.78 is 0. The lowest BCUT2D eigenvalue weighted by Crippen LogP contribution is -2.12. The molecule has 2 aromatic rings. The predicted octanol–water partition coefficient (Wildman–Crippen LogP) is 3.52. The molecular formula is C15H11BrO3. The van der Waals surface area contributed by atoms with Crippen molar-refractivity contribution in [1.82, 2.24) is 0 Å². The van der Waals surface area contributed by atoms with Crippen molar-refractivity contribution >= 4 is 27.7 Å². The molecule has 2 rings (SSSR count). The van der Waals surface area contributed by atoms with Crippen LogP contribution in [0.1, 0.15) is 15.9 Å². The Morgan fingerprint density at radius 3 is 1.79 bits per heavy atom. The Hall–Kier alpha value is -1.94. The normalized spacial score (nSPS) is 10.2. The molecule has 2 aromatic carbocycles. The van der Waals surface area contributed by atoms with E-state index in [0.29, 0.717) is 0 Å². The Morgan fingerprint density at radius 2 is 1.37 bits per heavy atom. The van der Waals surface area contributed by atoms with Crippen molar-refractivity contribution in [3.05, 3.63) is 59.7 Å². The van der Waals surface area contributed by atoms with Crippen LogP contribution in [0.5, 0.6) is 0 Å². The van der Waals surface area contributed by atoms with Gasteiger partial charge in [0.2, 0.25) is 0 Å². The van der Waals surface area contributed by atoms with Crippen molar-refractivity contribution in [1.29, 1.82) is 0 Å². The molecule has 0 saturated heterocycles. The Labute approximate surface area is 119 Å². The van der Waals surface area contributed by atoms with Gasteiger partial charge < -0.3 is 5.11 Å². The first-order valence-corrected chi connectivity index (χ1v) is 6.77. The van der Waals surface area contributed by atoms with Crippen molar-refractivity contribution in [3.8, 4) is 11.1 Å². The molecule has 96 valence electrons. The van der Waals surface area contributed by atoms with E-state index in [2.05, 4.69) is 15.9 Å². The Bertz CT molecular complexity index is 600. The fraction of sp³-hybridized carbons (Fsp3) is 0.0667. The van der Waals surface area contributed by atoms with Gasteiger partial charge in [-0.25, -0.2) is 4.79 Å². The molecule has 4 heteroatoms. The number of hydrogen-bond donors (Lipinski definition) is 1. The summed E-state index contributed by atoms with van der Waals surface area (Å²) in [4.78, 5) is 21.8. The topological polar surface area (TPSA) is 54.4 Å². The van der Waals surface area contributed by atoms with Gasteiger partial charge in [-0.1, -0.05) is 64.5 Å². The number of alkyl halides is 1. The van der Waals surface area contributed by atoms with Crippen LogP contribution >= 0.6 is 15.9 Å². The monoisotopic (exact) mass is 318 g/mol. The van der Waals surface area contributed by atoms with Crippen molar-refractivity contribution in [2.75, 3.05) is 0 Å². The third-order valence-electron chi connectivity index (χ3n) is 2.78. The van der Waals surface area contributed by atoms with E-state index in [1.807, 2.05) is 24.3 Å². The molecule has 1 N–H and O–H groups in total. The third-order valence-corrected chi connectivity index (χ3v) is 3.43. The van der Waals surface area contributed by atoms with Crippen LogP contribution in [-0.2, 0) is 10.1 Å². The number of hydrogen-bond acceptors (Lipinski definition) is 2. The minimum absolute atomic E-state index is 0.188. The number of halogens is 1. The van der Waals surface area contributed by atoms with E-state index in [4.69, 9.17) is 5.11 Å². The lowest BCUT2D eigenvalue weighted by Gasteiger charge is -2.04. The molecule has 0 bridgehead atoms. The standard InChI is InChI=1S/C15H11BrO3/c16-9-10-1-3-11(4-2-10)12-5-7-13(8-6-12)14(17)15(18)19/h1-8H,9H2,(H,18,19). The van der Waals surface area contributed by atoms with E-state index >= 15 is 0 Å². The van der Waals surface area contributed by atoms with Crippen LogP contribution in [0.3, 0.4) is 0 Å². The Kier molecular flexibility index (Phi) is 4.12. The Morgan fingerprint density at radius 1 is 0.895 bits per heavy atom. The van der Waals surface area contributed by atoms with Crippen LogP contribution in [0.25, 0.3) is 11.1 Å². The molecule has 0 fully saturated rings. The number of rotatable bonds is 4. The van der Waals surface area contributed by atoms with E-state index in [0.717, 1.165) is 16.5 Å². The predicted molar refractivity (Wildman–Crippen MR) is 76.5 cm³/mol. The van der Waals surface area contributed by atoms with Crippen LogP contribution in [0.4, 0.5) is 0 Å². The molecule has 0 unspecified atom stereocenters.